The van der Waals surface area contributed by atoms with Crippen molar-refractivity contribution in [3.8, 4) is 17.5 Å². The third-order valence-corrected chi connectivity index (χ3v) is 3.19. The summed E-state index contributed by atoms with van der Waals surface area (Å²) in [5.74, 6) is -4.19. The number of nitrogens with zero attached hydrogens (tertiary/aromatic N) is 2. The summed E-state index contributed by atoms with van der Waals surface area (Å²) in [7, 11) is 0.997. The summed E-state index contributed by atoms with van der Waals surface area (Å²) in [4.78, 5) is 11.8. The van der Waals surface area contributed by atoms with Gasteiger partial charge >= 0.3 is 12.1 Å². The van der Waals surface area contributed by atoms with Crippen LogP contribution >= 0.6 is 0 Å². The Morgan fingerprint density at radius 1 is 1.42 bits per heavy atom. The molecule has 3 N–H and O–H groups in total. The van der Waals surface area contributed by atoms with Crippen molar-refractivity contribution in [3.63, 3.8) is 0 Å². The van der Waals surface area contributed by atoms with Gasteiger partial charge in [0, 0.05) is 6.20 Å². The first-order valence-electron chi connectivity index (χ1n) is 6.21. The summed E-state index contributed by atoms with van der Waals surface area (Å²) in [5.41, 5.74) is 2.08. The van der Waals surface area contributed by atoms with Crippen molar-refractivity contribution in [3.05, 3.63) is 41.0 Å². The van der Waals surface area contributed by atoms with Gasteiger partial charge in [-0.2, -0.15) is 18.4 Å². The molecule has 0 atom stereocenters. The SMILES string of the molecule is COC(=O)c1c(N)c(C#N)cn1-c1ccc(F)c(C(F)(F)F)c1O. The topological polar surface area (TPSA) is 101 Å². The van der Waals surface area contributed by atoms with E-state index < -0.39 is 40.7 Å². The molecular weight excluding hydrogens is 334 g/mol. The van der Waals surface area contributed by atoms with Gasteiger partial charge in [-0.3, -0.25) is 0 Å². The molecule has 0 aliphatic carbocycles. The van der Waals surface area contributed by atoms with E-state index in [4.69, 9.17) is 11.0 Å². The molecule has 0 unspecified atom stereocenters. The molecule has 0 aliphatic rings. The molecule has 0 aliphatic heterocycles. The van der Waals surface area contributed by atoms with Gasteiger partial charge in [-0.25, -0.2) is 9.18 Å². The molecule has 6 nitrogen and oxygen atoms in total. The third kappa shape index (κ3) is 2.60. The number of aromatic hydroxyl groups is 1. The molecular formula is C14H9F4N3O3. The Bertz CT molecular complexity index is 866. The maximum atomic E-state index is 13.5. The predicted octanol–water partition coefficient (Wildman–Crippen LogP) is 2.58. The van der Waals surface area contributed by atoms with Crippen molar-refractivity contribution in [2.24, 2.45) is 0 Å². The summed E-state index contributed by atoms with van der Waals surface area (Å²) < 4.78 is 57.4. The second-order valence-corrected chi connectivity index (χ2v) is 4.57. The highest BCUT2D eigenvalue weighted by Gasteiger charge is 2.39. The Labute approximate surface area is 132 Å². The molecule has 1 heterocycles. The van der Waals surface area contributed by atoms with Gasteiger partial charge in [-0.05, 0) is 12.1 Å². The van der Waals surface area contributed by atoms with Gasteiger partial charge in [0.25, 0.3) is 0 Å². The number of phenolic OH excluding ortho intramolecular Hbond substituents is 1. The molecule has 2 aromatic rings. The van der Waals surface area contributed by atoms with Crippen LogP contribution in [0.3, 0.4) is 0 Å². The van der Waals surface area contributed by atoms with E-state index in [1.807, 2.05) is 0 Å². The number of aromatic nitrogens is 1. The summed E-state index contributed by atoms with van der Waals surface area (Å²) in [6.07, 6.45) is -4.24. The van der Waals surface area contributed by atoms with Crippen LogP contribution in [0.1, 0.15) is 21.6 Å². The monoisotopic (exact) mass is 343 g/mol. The van der Waals surface area contributed by atoms with Crippen LogP contribution in [-0.4, -0.2) is 22.8 Å². The highest BCUT2D eigenvalue weighted by molar-refractivity contribution is 5.96. The lowest BCUT2D eigenvalue weighted by Crippen LogP contribution is -2.14. The number of carbonyl (C=O) groups excluding carboxylic acids is 1. The van der Waals surface area contributed by atoms with Crippen LogP contribution in [-0.2, 0) is 10.9 Å². The second kappa shape index (κ2) is 5.77. The fraction of sp³-hybridized carbons (Fsp3) is 0.143. The van der Waals surface area contributed by atoms with Crippen molar-refractivity contribution in [2.75, 3.05) is 12.8 Å². The number of esters is 1. The Morgan fingerprint density at radius 2 is 2.04 bits per heavy atom. The number of anilines is 1. The molecule has 0 saturated heterocycles. The van der Waals surface area contributed by atoms with Crippen LogP contribution in [0.4, 0.5) is 23.2 Å². The normalized spacial score (nSPS) is 11.2. The zero-order valence-electron chi connectivity index (χ0n) is 12.0. The molecule has 1 aromatic heterocycles. The molecule has 126 valence electrons. The van der Waals surface area contributed by atoms with Gasteiger partial charge in [0.05, 0.1) is 24.0 Å². The van der Waals surface area contributed by atoms with E-state index in [2.05, 4.69) is 4.74 Å². The number of methoxy groups -OCH3 is 1. The zero-order chi connectivity index (χ0) is 18.2. The van der Waals surface area contributed by atoms with E-state index in [-0.39, 0.29) is 11.3 Å². The van der Waals surface area contributed by atoms with Crippen LogP contribution < -0.4 is 5.73 Å². The fourth-order valence-corrected chi connectivity index (χ4v) is 2.12. The molecule has 1 aromatic carbocycles. The summed E-state index contributed by atoms with van der Waals surface area (Å²) in [6.45, 7) is 0. The van der Waals surface area contributed by atoms with Crippen LogP contribution in [0.2, 0.25) is 0 Å². The van der Waals surface area contributed by atoms with E-state index in [1.54, 1.807) is 6.07 Å². The summed E-state index contributed by atoms with van der Waals surface area (Å²) in [6, 6.07) is 2.93. The van der Waals surface area contributed by atoms with Gasteiger partial charge in [-0.1, -0.05) is 0 Å². The average molecular weight is 343 g/mol. The van der Waals surface area contributed by atoms with Gasteiger partial charge < -0.3 is 20.1 Å². The first kappa shape index (κ1) is 17.1. The number of nitrogen functional groups attached to an aromatic ring is 1. The molecule has 0 bridgehead atoms. The van der Waals surface area contributed by atoms with Gasteiger partial charge in [0.15, 0.2) is 11.4 Å². The standard InChI is InChI=1S/C14H9F4N3O3/c1-24-13(23)11-10(20)6(4-19)5-21(11)8-3-2-7(15)9(12(8)22)14(16,17)18/h2-3,5,22H,20H2,1H3. The summed E-state index contributed by atoms with van der Waals surface area (Å²) >= 11 is 0. The number of ether oxygens (including phenoxy) is 1. The molecule has 10 heteroatoms. The molecule has 0 saturated carbocycles. The van der Waals surface area contributed by atoms with E-state index in [9.17, 15) is 27.5 Å². The number of nitriles is 1. The number of benzene rings is 1. The number of rotatable bonds is 2. The average Bonchev–Trinajstić information content (AvgIpc) is 2.81. The highest BCUT2D eigenvalue weighted by Crippen LogP contribution is 2.41. The number of alkyl halides is 3. The van der Waals surface area contributed by atoms with E-state index in [1.165, 1.54) is 0 Å². The molecule has 0 amide bonds. The Hall–Kier alpha value is -3.22. The maximum absolute atomic E-state index is 13.5. The second-order valence-electron chi connectivity index (χ2n) is 4.57. The van der Waals surface area contributed by atoms with Crippen molar-refractivity contribution in [1.82, 2.24) is 4.57 Å². The number of halogens is 4. The zero-order valence-corrected chi connectivity index (χ0v) is 12.0. The van der Waals surface area contributed by atoms with Crippen LogP contribution in [0, 0.1) is 17.1 Å². The lowest BCUT2D eigenvalue weighted by atomic mass is 10.1. The molecule has 24 heavy (non-hydrogen) atoms. The fourth-order valence-electron chi connectivity index (χ4n) is 2.12. The van der Waals surface area contributed by atoms with Crippen LogP contribution in [0.25, 0.3) is 5.69 Å². The van der Waals surface area contributed by atoms with E-state index in [0.29, 0.717) is 6.07 Å². The minimum absolute atomic E-state index is 0.229. The van der Waals surface area contributed by atoms with Crippen LogP contribution in [0.5, 0.6) is 5.75 Å². The van der Waals surface area contributed by atoms with Crippen molar-refractivity contribution < 1.29 is 32.2 Å². The first-order chi connectivity index (χ1) is 11.1. The highest BCUT2D eigenvalue weighted by atomic mass is 19.4. The van der Waals surface area contributed by atoms with Crippen molar-refractivity contribution in [1.29, 1.82) is 5.26 Å². The van der Waals surface area contributed by atoms with E-state index in [0.717, 1.165) is 23.9 Å². The Morgan fingerprint density at radius 3 is 2.54 bits per heavy atom. The van der Waals surface area contributed by atoms with Crippen LogP contribution in [0.15, 0.2) is 18.3 Å². The Kier molecular flexibility index (Phi) is 4.12. The number of phenols is 1. The maximum Gasteiger partial charge on any atom is 0.422 e. The number of hydrogen-bond donors (Lipinski definition) is 2. The predicted molar refractivity (Wildman–Crippen MR) is 72.9 cm³/mol. The quantitative estimate of drug-likeness (QED) is 0.645. The molecule has 2 rings (SSSR count). The van der Waals surface area contributed by atoms with Gasteiger partial charge in [0.1, 0.15) is 17.4 Å². The molecule has 0 spiro atoms. The number of hydrogen-bond acceptors (Lipinski definition) is 5. The molecule has 0 fully saturated rings. The van der Waals surface area contributed by atoms with Crippen molar-refractivity contribution in [2.45, 2.75) is 6.18 Å². The summed E-state index contributed by atoms with van der Waals surface area (Å²) in [5, 5.41) is 18.8. The lowest BCUT2D eigenvalue weighted by molar-refractivity contribution is -0.141. The lowest BCUT2D eigenvalue weighted by Gasteiger charge is -2.15. The Balaban J connectivity index is 2.84. The minimum atomic E-state index is -5.17. The van der Waals surface area contributed by atoms with E-state index >= 15 is 0 Å². The number of carbonyl (C=O) groups is 1. The van der Waals surface area contributed by atoms with Gasteiger partial charge in [0.2, 0.25) is 0 Å². The van der Waals surface area contributed by atoms with Crippen molar-refractivity contribution >= 4 is 11.7 Å². The minimum Gasteiger partial charge on any atom is -0.505 e. The molecule has 0 radical (unpaired) electrons. The smallest absolute Gasteiger partial charge is 0.422 e. The van der Waals surface area contributed by atoms with Gasteiger partial charge in [-0.15, -0.1) is 0 Å². The first-order valence-corrected chi connectivity index (χ1v) is 6.21. The number of nitrogens with two attached hydrogens (primary N) is 1. The third-order valence-electron chi connectivity index (χ3n) is 3.19. The largest absolute Gasteiger partial charge is 0.505 e.